The summed E-state index contributed by atoms with van der Waals surface area (Å²) >= 11 is 3.55. The van der Waals surface area contributed by atoms with E-state index in [1.165, 1.54) is 16.5 Å². The summed E-state index contributed by atoms with van der Waals surface area (Å²) in [7, 11) is 3.22. The van der Waals surface area contributed by atoms with Gasteiger partial charge in [-0.3, -0.25) is 9.59 Å². The lowest BCUT2D eigenvalue weighted by Gasteiger charge is -2.31. The molecule has 0 saturated carbocycles. The van der Waals surface area contributed by atoms with Crippen LogP contribution in [0.2, 0.25) is 0 Å². The zero-order valence-corrected chi connectivity index (χ0v) is 14.4. The number of carbonyl (C=O) groups is 2. The second-order valence-corrected chi connectivity index (χ2v) is 6.02. The van der Waals surface area contributed by atoms with Gasteiger partial charge in [-0.2, -0.15) is 0 Å². The van der Waals surface area contributed by atoms with E-state index in [2.05, 4.69) is 22.5 Å². The second kappa shape index (κ2) is 6.96. The van der Waals surface area contributed by atoms with Crippen LogP contribution in [0, 0.1) is 0 Å². The lowest BCUT2D eigenvalue weighted by Crippen LogP contribution is -2.43. The van der Waals surface area contributed by atoms with Crippen LogP contribution in [-0.2, 0) is 22.6 Å². The van der Waals surface area contributed by atoms with Gasteiger partial charge in [-0.25, -0.2) is 0 Å². The lowest BCUT2D eigenvalue weighted by atomic mass is 9.98. The predicted octanol–water partition coefficient (Wildman–Crippen LogP) is 1.99. The molecular weight excluding hydrogens is 348 g/mol. The Morgan fingerprint density at radius 2 is 2.18 bits per heavy atom. The number of nitrogens with zero attached hydrogens (tertiary/aromatic N) is 2. The average Bonchev–Trinajstić information content (AvgIpc) is 2.54. The van der Waals surface area contributed by atoms with Gasteiger partial charge in [0.05, 0.1) is 13.7 Å². The maximum Gasteiger partial charge on any atom is 0.246 e. The number of methoxy groups -OCH3 is 1. The van der Waals surface area contributed by atoms with Gasteiger partial charge in [0.15, 0.2) is 0 Å². The fourth-order valence-corrected chi connectivity index (χ4v) is 3.11. The van der Waals surface area contributed by atoms with E-state index in [0.717, 1.165) is 22.2 Å². The van der Waals surface area contributed by atoms with Crippen LogP contribution in [0.3, 0.4) is 0 Å². The first-order valence-corrected chi connectivity index (χ1v) is 7.76. The number of likely N-dealkylation sites (N-methyl/N-ethyl adjacent to an activating group) is 1. The van der Waals surface area contributed by atoms with Crippen molar-refractivity contribution in [3.05, 3.63) is 40.4 Å². The summed E-state index contributed by atoms with van der Waals surface area (Å²) in [5.41, 5.74) is 2.20. The summed E-state index contributed by atoms with van der Waals surface area (Å²) < 4.78 is 6.43. The average molecular weight is 367 g/mol. The van der Waals surface area contributed by atoms with Gasteiger partial charge in [-0.1, -0.05) is 22.5 Å². The quantitative estimate of drug-likeness (QED) is 0.765. The van der Waals surface area contributed by atoms with E-state index in [1.807, 2.05) is 12.1 Å². The van der Waals surface area contributed by atoms with Gasteiger partial charge in [0.1, 0.15) is 5.75 Å². The molecule has 0 N–H and O–H groups in total. The Hall–Kier alpha value is -1.82. The van der Waals surface area contributed by atoms with Crippen molar-refractivity contribution in [1.82, 2.24) is 9.80 Å². The molecule has 1 aromatic rings. The first kappa shape index (κ1) is 16.5. The van der Waals surface area contributed by atoms with Crippen LogP contribution < -0.4 is 4.74 Å². The standard InChI is InChI=1S/C16H19BrN2O3/c1-4-15(20)18(2)10-16(21)19-8-7-11-12(9-19)14(22-3)6-5-13(11)17/h4-6H,1,7-10H2,2-3H3. The number of carbonyl (C=O) groups excluding carboxylic acids is 2. The summed E-state index contributed by atoms with van der Waals surface area (Å²) in [6, 6.07) is 3.86. The zero-order valence-electron chi connectivity index (χ0n) is 12.8. The number of hydrogen-bond acceptors (Lipinski definition) is 3. The van der Waals surface area contributed by atoms with Gasteiger partial charge in [-0.05, 0) is 30.2 Å². The Morgan fingerprint density at radius 3 is 2.82 bits per heavy atom. The molecule has 0 unspecified atom stereocenters. The van der Waals surface area contributed by atoms with Crippen LogP contribution in [0.4, 0.5) is 0 Å². The molecule has 22 heavy (non-hydrogen) atoms. The Labute approximate surface area is 138 Å². The van der Waals surface area contributed by atoms with Crippen molar-refractivity contribution < 1.29 is 14.3 Å². The molecule has 1 aromatic carbocycles. The highest BCUT2D eigenvalue weighted by Crippen LogP contribution is 2.33. The SMILES string of the molecule is C=CC(=O)N(C)CC(=O)N1CCc2c(Br)ccc(OC)c2C1. The normalized spacial score (nSPS) is 13.3. The Bertz CT molecular complexity index is 616. The summed E-state index contributed by atoms with van der Waals surface area (Å²) in [6.45, 7) is 4.60. The van der Waals surface area contributed by atoms with E-state index in [1.54, 1.807) is 19.1 Å². The lowest BCUT2D eigenvalue weighted by molar-refractivity contribution is -0.137. The minimum atomic E-state index is -0.258. The summed E-state index contributed by atoms with van der Waals surface area (Å²) in [5, 5.41) is 0. The minimum Gasteiger partial charge on any atom is -0.496 e. The fraction of sp³-hybridized carbons (Fsp3) is 0.375. The van der Waals surface area contributed by atoms with Gasteiger partial charge in [-0.15, -0.1) is 0 Å². The molecule has 0 aliphatic carbocycles. The van der Waals surface area contributed by atoms with Gasteiger partial charge < -0.3 is 14.5 Å². The molecular formula is C16H19BrN2O3. The number of halogens is 1. The molecule has 1 heterocycles. The third-order valence-corrected chi connectivity index (χ3v) is 4.55. The molecule has 1 aliphatic rings. The molecule has 0 saturated heterocycles. The van der Waals surface area contributed by atoms with Crippen LogP contribution in [0.15, 0.2) is 29.3 Å². The topological polar surface area (TPSA) is 49.9 Å². The van der Waals surface area contributed by atoms with Crippen molar-refractivity contribution in [3.63, 3.8) is 0 Å². The van der Waals surface area contributed by atoms with Crippen LogP contribution >= 0.6 is 15.9 Å². The Kier molecular flexibility index (Phi) is 5.24. The van der Waals surface area contributed by atoms with Crippen LogP contribution in [0.1, 0.15) is 11.1 Å². The maximum absolute atomic E-state index is 12.4. The molecule has 6 heteroatoms. The van der Waals surface area contributed by atoms with Crippen LogP contribution in [0.25, 0.3) is 0 Å². The van der Waals surface area contributed by atoms with E-state index < -0.39 is 0 Å². The van der Waals surface area contributed by atoms with E-state index in [9.17, 15) is 9.59 Å². The number of ether oxygens (including phenoxy) is 1. The van der Waals surface area contributed by atoms with Crippen LogP contribution in [0.5, 0.6) is 5.75 Å². The van der Waals surface area contributed by atoms with Crippen molar-refractivity contribution >= 4 is 27.7 Å². The van der Waals surface area contributed by atoms with Gasteiger partial charge in [0.25, 0.3) is 0 Å². The van der Waals surface area contributed by atoms with Crippen molar-refractivity contribution in [1.29, 1.82) is 0 Å². The van der Waals surface area contributed by atoms with Crippen molar-refractivity contribution in [2.75, 3.05) is 27.2 Å². The van der Waals surface area contributed by atoms with Gasteiger partial charge >= 0.3 is 0 Å². The van der Waals surface area contributed by atoms with Gasteiger partial charge in [0.2, 0.25) is 11.8 Å². The molecule has 5 nitrogen and oxygen atoms in total. The van der Waals surface area contributed by atoms with Crippen molar-refractivity contribution in [3.8, 4) is 5.75 Å². The maximum atomic E-state index is 12.4. The number of benzene rings is 1. The summed E-state index contributed by atoms with van der Waals surface area (Å²) in [4.78, 5) is 27.0. The molecule has 0 fully saturated rings. The highest BCUT2D eigenvalue weighted by Gasteiger charge is 2.25. The number of fused-ring (bicyclic) bond motifs is 1. The molecule has 0 radical (unpaired) electrons. The number of hydrogen-bond donors (Lipinski definition) is 0. The smallest absolute Gasteiger partial charge is 0.246 e. The van der Waals surface area contributed by atoms with Crippen molar-refractivity contribution in [2.24, 2.45) is 0 Å². The van der Waals surface area contributed by atoms with E-state index in [4.69, 9.17) is 4.74 Å². The molecule has 118 valence electrons. The van der Waals surface area contributed by atoms with Crippen molar-refractivity contribution in [2.45, 2.75) is 13.0 Å². The third kappa shape index (κ3) is 3.32. The highest BCUT2D eigenvalue weighted by molar-refractivity contribution is 9.10. The predicted molar refractivity (Wildman–Crippen MR) is 87.6 cm³/mol. The third-order valence-electron chi connectivity index (χ3n) is 3.81. The van der Waals surface area contributed by atoms with E-state index >= 15 is 0 Å². The molecule has 2 amide bonds. The van der Waals surface area contributed by atoms with E-state index in [-0.39, 0.29) is 18.4 Å². The summed E-state index contributed by atoms with van der Waals surface area (Å²) in [6.07, 6.45) is 1.97. The van der Waals surface area contributed by atoms with Crippen LogP contribution in [-0.4, -0.2) is 48.9 Å². The number of rotatable bonds is 4. The molecule has 0 spiro atoms. The first-order chi connectivity index (χ1) is 10.5. The summed E-state index contributed by atoms with van der Waals surface area (Å²) in [5.74, 6) is 0.447. The molecule has 2 rings (SSSR count). The molecule has 0 bridgehead atoms. The zero-order chi connectivity index (χ0) is 16.3. The molecule has 1 aliphatic heterocycles. The monoisotopic (exact) mass is 366 g/mol. The van der Waals surface area contributed by atoms with Gasteiger partial charge in [0, 0.05) is 30.2 Å². The Balaban J connectivity index is 2.14. The largest absolute Gasteiger partial charge is 0.496 e. The molecule has 0 aromatic heterocycles. The fourth-order valence-electron chi connectivity index (χ4n) is 2.54. The second-order valence-electron chi connectivity index (χ2n) is 5.17. The Morgan fingerprint density at radius 1 is 1.45 bits per heavy atom. The number of amides is 2. The van der Waals surface area contributed by atoms with E-state index in [0.29, 0.717) is 13.1 Å². The first-order valence-electron chi connectivity index (χ1n) is 6.97. The molecule has 0 atom stereocenters. The minimum absolute atomic E-state index is 0.0521. The highest BCUT2D eigenvalue weighted by atomic mass is 79.9.